The van der Waals surface area contributed by atoms with Crippen molar-refractivity contribution in [2.24, 2.45) is 5.92 Å². The van der Waals surface area contributed by atoms with Gasteiger partial charge in [-0.2, -0.15) is 0 Å². The summed E-state index contributed by atoms with van der Waals surface area (Å²) in [5, 5.41) is 3.51. The molecule has 0 saturated heterocycles. The van der Waals surface area contributed by atoms with Crippen LogP contribution in [-0.4, -0.2) is 25.8 Å². The molecular weight excluding hydrogens is 222 g/mol. The Hall–Kier alpha value is -0.860. The van der Waals surface area contributed by atoms with Gasteiger partial charge in [-0.05, 0) is 37.3 Å². The molecule has 0 radical (unpaired) electrons. The van der Waals surface area contributed by atoms with Crippen LogP contribution in [0, 0.1) is 12.8 Å². The van der Waals surface area contributed by atoms with E-state index in [1.807, 2.05) is 0 Å². The topological polar surface area (TPSA) is 21.3 Å². The van der Waals surface area contributed by atoms with Crippen molar-refractivity contribution in [2.75, 3.05) is 19.8 Å². The first-order chi connectivity index (χ1) is 8.63. The van der Waals surface area contributed by atoms with E-state index in [0.717, 1.165) is 26.2 Å². The normalized spacial score (nSPS) is 12.9. The second kappa shape index (κ2) is 8.28. The van der Waals surface area contributed by atoms with Crippen molar-refractivity contribution >= 4 is 0 Å². The van der Waals surface area contributed by atoms with E-state index in [9.17, 15) is 0 Å². The van der Waals surface area contributed by atoms with Gasteiger partial charge in [-0.25, -0.2) is 0 Å². The molecule has 102 valence electrons. The zero-order chi connectivity index (χ0) is 13.4. The third kappa shape index (κ3) is 5.65. The number of nitrogens with one attached hydrogen (secondary N) is 1. The molecule has 0 aliphatic rings. The van der Waals surface area contributed by atoms with Crippen LogP contribution in [0.2, 0.25) is 0 Å². The lowest BCUT2D eigenvalue weighted by Crippen LogP contribution is -2.32. The highest BCUT2D eigenvalue weighted by molar-refractivity contribution is 5.25. The summed E-state index contributed by atoms with van der Waals surface area (Å²) in [5.41, 5.74) is 2.82. The van der Waals surface area contributed by atoms with Crippen LogP contribution in [-0.2, 0) is 11.2 Å². The summed E-state index contributed by atoms with van der Waals surface area (Å²) in [5.74, 6) is 0.549. The highest BCUT2D eigenvalue weighted by Crippen LogP contribution is 2.13. The second-order valence-electron chi connectivity index (χ2n) is 5.22. The van der Waals surface area contributed by atoms with Crippen molar-refractivity contribution in [3.8, 4) is 0 Å². The Morgan fingerprint density at radius 2 is 1.94 bits per heavy atom. The van der Waals surface area contributed by atoms with Crippen molar-refractivity contribution in [2.45, 2.75) is 40.2 Å². The molecule has 0 saturated carbocycles. The average molecular weight is 249 g/mol. The summed E-state index contributed by atoms with van der Waals surface area (Å²) in [7, 11) is 0. The molecule has 2 heteroatoms. The monoisotopic (exact) mass is 249 g/mol. The zero-order valence-corrected chi connectivity index (χ0v) is 12.2. The minimum Gasteiger partial charge on any atom is -0.381 e. The fourth-order valence-corrected chi connectivity index (χ4v) is 2.03. The second-order valence-corrected chi connectivity index (χ2v) is 5.22. The predicted octanol–water partition coefficient (Wildman–Crippen LogP) is 3.19. The predicted molar refractivity (Wildman–Crippen MR) is 78.0 cm³/mol. The van der Waals surface area contributed by atoms with Crippen LogP contribution in [0.5, 0.6) is 0 Å². The highest BCUT2D eigenvalue weighted by Gasteiger charge is 2.11. The van der Waals surface area contributed by atoms with Gasteiger partial charge in [0.15, 0.2) is 0 Å². The summed E-state index contributed by atoms with van der Waals surface area (Å²) in [6, 6.07) is 9.16. The molecule has 1 aromatic rings. The van der Waals surface area contributed by atoms with Gasteiger partial charge in [-0.15, -0.1) is 0 Å². The molecular formula is C16H27NO. The van der Waals surface area contributed by atoms with Gasteiger partial charge in [0.2, 0.25) is 0 Å². The molecule has 2 nitrogen and oxygen atoms in total. The van der Waals surface area contributed by atoms with Gasteiger partial charge in [0.25, 0.3) is 0 Å². The summed E-state index contributed by atoms with van der Waals surface area (Å²) in [6.07, 6.45) is 1.09. The Balaban J connectivity index is 2.56. The zero-order valence-electron chi connectivity index (χ0n) is 12.2. The molecule has 0 amide bonds. The lowest BCUT2D eigenvalue weighted by molar-refractivity contribution is 0.109. The van der Waals surface area contributed by atoms with Crippen molar-refractivity contribution < 1.29 is 4.74 Å². The molecule has 1 N–H and O–H groups in total. The van der Waals surface area contributed by atoms with Crippen LogP contribution in [0.3, 0.4) is 0 Å². The van der Waals surface area contributed by atoms with Crippen LogP contribution in [0.15, 0.2) is 24.3 Å². The van der Waals surface area contributed by atoms with E-state index < -0.39 is 0 Å². The Morgan fingerprint density at radius 3 is 2.56 bits per heavy atom. The molecule has 1 rings (SSSR count). The summed E-state index contributed by atoms with van der Waals surface area (Å²) in [6.45, 7) is 11.3. The molecule has 0 spiro atoms. The van der Waals surface area contributed by atoms with Crippen LogP contribution in [0.25, 0.3) is 0 Å². The Labute approximate surface area is 112 Å². The number of aryl methyl sites for hydroxylation is 1. The largest absolute Gasteiger partial charge is 0.381 e. The highest BCUT2D eigenvalue weighted by atomic mass is 16.5. The van der Waals surface area contributed by atoms with Gasteiger partial charge < -0.3 is 10.1 Å². The lowest BCUT2D eigenvalue weighted by atomic mass is 9.96. The van der Waals surface area contributed by atoms with E-state index in [2.05, 4.69) is 57.3 Å². The van der Waals surface area contributed by atoms with Gasteiger partial charge in [-0.1, -0.05) is 38.1 Å². The van der Waals surface area contributed by atoms with Gasteiger partial charge in [-0.3, -0.25) is 0 Å². The summed E-state index contributed by atoms with van der Waals surface area (Å²) in [4.78, 5) is 0. The minimum atomic E-state index is 0.533. The van der Waals surface area contributed by atoms with Gasteiger partial charge in [0, 0.05) is 19.2 Å². The number of hydrogen-bond acceptors (Lipinski definition) is 2. The SMILES string of the molecule is CCOCC(CNC(C)C)Cc1ccccc1C. The first-order valence-electron chi connectivity index (χ1n) is 6.99. The van der Waals surface area contributed by atoms with E-state index in [4.69, 9.17) is 4.74 Å². The molecule has 1 unspecified atom stereocenters. The van der Waals surface area contributed by atoms with Crippen LogP contribution >= 0.6 is 0 Å². The smallest absolute Gasteiger partial charge is 0.0509 e. The third-order valence-electron chi connectivity index (χ3n) is 3.14. The molecule has 0 fully saturated rings. The van der Waals surface area contributed by atoms with Crippen LogP contribution < -0.4 is 5.32 Å². The van der Waals surface area contributed by atoms with Crippen molar-refractivity contribution in [3.05, 3.63) is 35.4 Å². The van der Waals surface area contributed by atoms with E-state index in [1.165, 1.54) is 11.1 Å². The summed E-state index contributed by atoms with van der Waals surface area (Å²) >= 11 is 0. The van der Waals surface area contributed by atoms with E-state index in [1.54, 1.807) is 0 Å². The van der Waals surface area contributed by atoms with Crippen LogP contribution in [0.4, 0.5) is 0 Å². The maximum atomic E-state index is 5.60. The first kappa shape index (κ1) is 15.2. The first-order valence-corrected chi connectivity index (χ1v) is 6.99. The molecule has 0 heterocycles. The molecule has 1 aromatic carbocycles. The Bertz CT molecular complexity index is 336. The van der Waals surface area contributed by atoms with Crippen LogP contribution in [0.1, 0.15) is 31.9 Å². The fraction of sp³-hybridized carbons (Fsp3) is 0.625. The molecule has 18 heavy (non-hydrogen) atoms. The van der Waals surface area contributed by atoms with Crippen molar-refractivity contribution in [3.63, 3.8) is 0 Å². The van der Waals surface area contributed by atoms with Crippen molar-refractivity contribution in [1.29, 1.82) is 0 Å². The molecule has 1 atom stereocenters. The quantitative estimate of drug-likeness (QED) is 0.764. The number of rotatable bonds is 8. The maximum Gasteiger partial charge on any atom is 0.0509 e. The molecule has 0 aliphatic carbocycles. The standard InChI is InChI=1S/C16H27NO/c1-5-18-12-15(11-17-13(2)3)10-16-9-7-6-8-14(16)4/h6-9,13,15,17H,5,10-12H2,1-4H3. The Kier molecular flexibility index (Phi) is 6.99. The number of benzene rings is 1. The lowest BCUT2D eigenvalue weighted by Gasteiger charge is -2.20. The van der Waals surface area contributed by atoms with Gasteiger partial charge in [0.05, 0.1) is 6.61 Å². The fourth-order valence-electron chi connectivity index (χ4n) is 2.03. The minimum absolute atomic E-state index is 0.533. The number of ether oxygens (including phenoxy) is 1. The van der Waals surface area contributed by atoms with Crippen molar-refractivity contribution in [1.82, 2.24) is 5.32 Å². The molecule has 0 aromatic heterocycles. The van der Waals surface area contributed by atoms with E-state index in [0.29, 0.717) is 12.0 Å². The third-order valence-corrected chi connectivity index (χ3v) is 3.14. The molecule has 0 bridgehead atoms. The van der Waals surface area contributed by atoms with Gasteiger partial charge >= 0.3 is 0 Å². The van der Waals surface area contributed by atoms with E-state index in [-0.39, 0.29) is 0 Å². The Morgan fingerprint density at radius 1 is 1.22 bits per heavy atom. The van der Waals surface area contributed by atoms with E-state index >= 15 is 0 Å². The molecule has 0 aliphatic heterocycles. The maximum absolute atomic E-state index is 5.60. The van der Waals surface area contributed by atoms with Gasteiger partial charge in [0.1, 0.15) is 0 Å². The summed E-state index contributed by atoms with van der Waals surface area (Å²) < 4.78 is 5.60. The number of hydrogen-bond donors (Lipinski definition) is 1. The average Bonchev–Trinajstić information content (AvgIpc) is 2.35.